The molecule has 2 N–H and O–H groups in total. The lowest BCUT2D eigenvalue weighted by molar-refractivity contribution is 0.102. The monoisotopic (exact) mass is 448 g/mol. The second-order valence-electron chi connectivity index (χ2n) is 8.92. The number of aliphatic hydroxyl groups is 1. The summed E-state index contributed by atoms with van der Waals surface area (Å²) in [5.74, 6) is 1.29. The summed E-state index contributed by atoms with van der Waals surface area (Å²) in [4.78, 5) is 23.8. The molecule has 3 heterocycles. The van der Waals surface area contributed by atoms with Crippen molar-refractivity contribution in [3.63, 3.8) is 0 Å². The molecule has 4 rings (SSSR count). The third-order valence-corrected chi connectivity index (χ3v) is 5.04. The molecule has 8 heteroatoms. The number of pyridine rings is 2. The number of amides is 1. The summed E-state index contributed by atoms with van der Waals surface area (Å²) in [5, 5.41) is 12.8. The van der Waals surface area contributed by atoms with E-state index in [9.17, 15) is 9.90 Å². The van der Waals surface area contributed by atoms with Crippen LogP contribution in [0.1, 0.15) is 36.7 Å². The van der Waals surface area contributed by atoms with Gasteiger partial charge in [0.15, 0.2) is 5.75 Å². The average molecular weight is 449 g/mol. The Morgan fingerprint density at radius 2 is 2.00 bits per heavy atom. The van der Waals surface area contributed by atoms with Crippen molar-refractivity contribution in [3.8, 4) is 11.6 Å². The summed E-state index contributed by atoms with van der Waals surface area (Å²) in [5.41, 5.74) is 2.28. The van der Waals surface area contributed by atoms with Crippen molar-refractivity contribution in [1.82, 2.24) is 9.97 Å². The zero-order chi connectivity index (χ0) is 23.6. The number of rotatable bonds is 5. The maximum atomic E-state index is 13.1. The largest absolute Gasteiger partial charge is 0.488 e. The second kappa shape index (κ2) is 9.07. The van der Waals surface area contributed by atoms with Gasteiger partial charge in [-0.1, -0.05) is 12.1 Å². The molecular weight excluding hydrogens is 420 g/mol. The smallest absolute Gasteiger partial charge is 0.259 e. The van der Waals surface area contributed by atoms with Crippen LogP contribution >= 0.6 is 0 Å². The van der Waals surface area contributed by atoms with Crippen LogP contribution in [0.3, 0.4) is 0 Å². The highest BCUT2D eigenvalue weighted by molar-refractivity contribution is 6.07. The van der Waals surface area contributed by atoms with Crippen molar-refractivity contribution in [2.75, 3.05) is 23.4 Å². The number of aromatic nitrogens is 2. The van der Waals surface area contributed by atoms with Gasteiger partial charge in [-0.2, -0.15) is 0 Å². The van der Waals surface area contributed by atoms with E-state index in [2.05, 4.69) is 15.3 Å². The molecule has 0 radical (unpaired) electrons. The predicted molar refractivity (Wildman–Crippen MR) is 126 cm³/mol. The highest BCUT2D eigenvalue weighted by Crippen LogP contribution is 2.40. The number of anilines is 3. The Balaban J connectivity index is 1.60. The summed E-state index contributed by atoms with van der Waals surface area (Å²) < 4.78 is 11.7. The van der Waals surface area contributed by atoms with Gasteiger partial charge in [-0.15, -0.1) is 0 Å². The fourth-order valence-electron chi connectivity index (χ4n) is 3.57. The Morgan fingerprint density at radius 1 is 1.18 bits per heavy atom. The summed E-state index contributed by atoms with van der Waals surface area (Å²) in [6.45, 7) is 7.91. The highest BCUT2D eigenvalue weighted by Gasteiger charge is 2.32. The predicted octanol–water partition coefficient (Wildman–Crippen LogP) is 4.11. The van der Waals surface area contributed by atoms with Crippen molar-refractivity contribution in [3.05, 3.63) is 66.0 Å². The van der Waals surface area contributed by atoms with E-state index in [1.165, 1.54) is 0 Å². The first kappa shape index (κ1) is 22.5. The van der Waals surface area contributed by atoms with Crippen LogP contribution in [0, 0.1) is 6.92 Å². The SMILES string of the molecule is Cc1ccc(N2c3cccc(C(=O)Nc4ccc(OC(C)(C)C)nc4)c3OC[C@@H]2CO)nc1. The molecule has 2 aromatic heterocycles. The number of aryl methyl sites for hydroxylation is 1. The zero-order valence-corrected chi connectivity index (χ0v) is 19.2. The molecular formula is C25H28N4O4. The molecule has 33 heavy (non-hydrogen) atoms. The van der Waals surface area contributed by atoms with E-state index >= 15 is 0 Å². The van der Waals surface area contributed by atoms with Gasteiger partial charge in [0.05, 0.1) is 35.8 Å². The maximum absolute atomic E-state index is 13.1. The number of para-hydroxylation sites is 1. The lowest BCUT2D eigenvalue weighted by Crippen LogP contribution is -2.43. The molecule has 0 fully saturated rings. The number of aliphatic hydroxyl groups excluding tert-OH is 1. The Labute approximate surface area is 193 Å². The highest BCUT2D eigenvalue weighted by atomic mass is 16.5. The molecule has 0 unspecified atom stereocenters. The molecule has 172 valence electrons. The van der Waals surface area contributed by atoms with Crippen molar-refractivity contribution in [1.29, 1.82) is 0 Å². The number of carbonyl (C=O) groups is 1. The number of hydrogen-bond donors (Lipinski definition) is 2. The molecule has 8 nitrogen and oxygen atoms in total. The van der Waals surface area contributed by atoms with Gasteiger partial charge in [0.1, 0.15) is 18.0 Å². The Kier molecular flexibility index (Phi) is 6.20. The molecule has 0 spiro atoms. The first-order valence-corrected chi connectivity index (χ1v) is 10.8. The van der Waals surface area contributed by atoms with Crippen molar-refractivity contribution in [2.45, 2.75) is 39.3 Å². The molecule has 0 aliphatic carbocycles. The van der Waals surface area contributed by atoms with E-state index in [-0.39, 0.29) is 30.8 Å². The third kappa shape index (κ3) is 5.06. The van der Waals surface area contributed by atoms with Gasteiger partial charge in [0, 0.05) is 12.3 Å². The maximum Gasteiger partial charge on any atom is 0.259 e. The first-order chi connectivity index (χ1) is 15.7. The third-order valence-electron chi connectivity index (χ3n) is 5.04. The van der Waals surface area contributed by atoms with Gasteiger partial charge in [0.2, 0.25) is 5.88 Å². The minimum Gasteiger partial charge on any atom is -0.488 e. The van der Waals surface area contributed by atoms with Crippen LogP contribution in [0.4, 0.5) is 17.2 Å². The van der Waals surface area contributed by atoms with Crippen LogP contribution in [0.15, 0.2) is 54.9 Å². The van der Waals surface area contributed by atoms with Crippen LogP contribution in [0.25, 0.3) is 0 Å². The quantitative estimate of drug-likeness (QED) is 0.606. The second-order valence-corrected chi connectivity index (χ2v) is 8.92. The molecule has 1 amide bonds. The minimum atomic E-state index is -0.358. The number of nitrogens with zero attached hydrogens (tertiary/aromatic N) is 3. The first-order valence-electron chi connectivity index (χ1n) is 10.8. The van der Waals surface area contributed by atoms with E-state index in [4.69, 9.17) is 9.47 Å². The number of ether oxygens (including phenoxy) is 2. The van der Waals surface area contributed by atoms with E-state index in [1.807, 2.05) is 50.8 Å². The van der Waals surface area contributed by atoms with Gasteiger partial charge in [-0.3, -0.25) is 4.79 Å². The molecule has 0 saturated carbocycles. The lowest BCUT2D eigenvalue weighted by Gasteiger charge is -2.37. The molecule has 1 aromatic carbocycles. The number of hydrogen-bond acceptors (Lipinski definition) is 7. The van der Waals surface area contributed by atoms with Crippen LogP contribution in [0.2, 0.25) is 0 Å². The number of benzene rings is 1. The van der Waals surface area contributed by atoms with Crippen LogP contribution in [-0.2, 0) is 0 Å². The van der Waals surface area contributed by atoms with Crippen LogP contribution < -0.4 is 19.7 Å². The summed E-state index contributed by atoms with van der Waals surface area (Å²) in [7, 11) is 0. The fourth-order valence-corrected chi connectivity index (χ4v) is 3.57. The number of fused-ring (bicyclic) bond motifs is 1. The molecule has 1 aliphatic heterocycles. The lowest BCUT2D eigenvalue weighted by atomic mass is 10.1. The molecule has 0 saturated heterocycles. The summed E-state index contributed by atoms with van der Waals surface area (Å²) in [6, 6.07) is 12.4. The van der Waals surface area contributed by atoms with Crippen LogP contribution in [0.5, 0.6) is 11.6 Å². The van der Waals surface area contributed by atoms with E-state index in [0.717, 1.165) is 5.56 Å². The summed E-state index contributed by atoms with van der Waals surface area (Å²) >= 11 is 0. The van der Waals surface area contributed by atoms with Crippen molar-refractivity contribution >= 4 is 23.1 Å². The van der Waals surface area contributed by atoms with Gasteiger partial charge in [-0.25, -0.2) is 9.97 Å². The topological polar surface area (TPSA) is 96.8 Å². The van der Waals surface area contributed by atoms with E-state index in [1.54, 1.807) is 36.7 Å². The van der Waals surface area contributed by atoms with Gasteiger partial charge in [-0.05, 0) is 57.5 Å². The van der Waals surface area contributed by atoms with Crippen molar-refractivity contribution < 1.29 is 19.4 Å². The number of nitrogens with one attached hydrogen (secondary N) is 1. The summed E-state index contributed by atoms with van der Waals surface area (Å²) in [6.07, 6.45) is 3.33. The van der Waals surface area contributed by atoms with Crippen molar-refractivity contribution in [2.24, 2.45) is 0 Å². The molecule has 0 bridgehead atoms. The molecule has 1 atom stereocenters. The van der Waals surface area contributed by atoms with Gasteiger partial charge < -0.3 is 24.8 Å². The molecule has 3 aromatic rings. The Hall–Kier alpha value is -3.65. The Morgan fingerprint density at radius 3 is 2.64 bits per heavy atom. The zero-order valence-electron chi connectivity index (χ0n) is 19.2. The van der Waals surface area contributed by atoms with Gasteiger partial charge in [0.25, 0.3) is 5.91 Å². The van der Waals surface area contributed by atoms with Gasteiger partial charge >= 0.3 is 0 Å². The fraction of sp³-hybridized carbons (Fsp3) is 0.320. The van der Waals surface area contributed by atoms with E-state index < -0.39 is 0 Å². The van der Waals surface area contributed by atoms with Crippen LogP contribution in [-0.4, -0.2) is 45.8 Å². The number of carbonyl (C=O) groups excluding carboxylic acids is 1. The average Bonchev–Trinajstić information content (AvgIpc) is 2.79. The standard InChI is InChI=1S/C25H28N4O4/c1-16-8-10-21(26-12-16)29-18(14-30)15-32-23-19(6-5-7-20(23)29)24(31)28-17-9-11-22(27-13-17)33-25(2,3)4/h5-13,18,30H,14-15H2,1-4H3,(H,28,31)/t18-/m0/s1. The molecule has 1 aliphatic rings. The Bertz CT molecular complexity index is 1120. The van der Waals surface area contributed by atoms with E-state index in [0.29, 0.717) is 34.4 Å². The minimum absolute atomic E-state index is 0.111. The normalized spacial score (nSPS) is 15.4.